The summed E-state index contributed by atoms with van der Waals surface area (Å²) in [7, 11) is 0. The predicted octanol–water partition coefficient (Wildman–Crippen LogP) is 1.39. The number of nitrogens with zero attached hydrogens (tertiary/aromatic N) is 1. The van der Waals surface area contributed by atoms with Crippen LogP contribution in [0.1, 0.15) is 12.0 Å². The van der Waals surface area contributed by atoms with Crippen molar-refractivity contribution < 1.29 is 18.7 Å². The maximum absolute atomic E-state index is 13.4. The summed E-state index contributed by atoms with van der Waals surface area (Å²) in [4.78, 5) is 11.1. The first-order chi connectivity index (χ1) is 7.70. The Morgan fingerprint density at radius 1 is 1.56 bits per heavy atom. The molecule has 4 nitrogen and oxygen atoms in total. The maximum atomic E-state index is 13.4. The molecule has 0 radical (unpaired) electrons. The molecule has 1 aromatic carbocycles. The van der Waals surface area contributed by atoms with Gasteiger partial charge in [-0.05, 0) is 18.2 Å². The minimum atomic E-state index is -0.748. The van der Waals surface area contributed by atoms with Gasteiger partial charge in [0, 0.05) is 6.42 Å². The summed E-state index contributed by atoms with van der Waals surface area (Å²) in [5.74, 6) is -1.18. The minimum Gasteiger partial charge on any atom is -0.476 e. The van der Waals surface area contributed by atoms with Crippen LogP contribution in [0.15, 0.2) is 18.2 Å². The van der Waals surface area contributed by atoms with Crippen LogP contribution < -0.4 is 4.74 Å². The SMILES string of the molecule is N#Cc1ccc(OC2CCOC2=O)c(F)c1. The Balaban J connectivity index is 2.16. The molecule has 82 valence electrons. The Labute approximate surface area is 91.2 Å². The number of nitriles is 1. The van der Waals surface area contributed by atoms with Gasteiger partial charge in [-0.15, -0.1) is 0 Å². The molecule has 0 spiro atoms. The van der Waals surface area contributed by atoms with Crippen molar-refractivity contribution in [3.63, 3.8) is 0 Å². The van der Waals surface area contributed by atoms with E-state index in [2.05, 4.69) is 4.74 Å². The van der Waals surface area contributed by atoms with Crippen LogP contribution in [0.2, 0.25) is 0 Å². The quantitative estimate of drug-likeness (QED) is 0.708. The van der Waals surface area contributed by atoms with Crippen LogP contribution in [0, 0.1) is 17.1 Å². The summed E-state index contributed by atoms with van der Waals surface area (Å²) in [6.45, 7) is 0.293. The maximum Gasteiger partial charge on any atom is 0.347 e. The second-order valence-electron chi connectivity index (χ2n) is 3.32. The molecular formula is C11H8FNO3. The molecule has 1 fully saturated rings. The van der Waals surface area contributed by atoms with Crippen molar-refractivity contribution in [2.24, 2.45) is 0 Å². The number of halogens is 1. The van der Waals surface area contributed by atoms with Gasteiger partial charge in [0.05, 0.1) is 18.2 Å². The van der Waals surface area contributed by atoms with Crippen molar-refractivity contribution in [2.45, 2.75) is 12.5 Å². The van der Waals surface area contributed by atoms with E-state index in [-0.39, 0.29) is 11.3 Å². The number of hydrogen-bond donors (Lipinski definition) is 0. The molecule has 1 aliphatic rings. The molecule has 0 bridgehead atoms. The highest BCUT2D eigenvalue weighted by Gasteiger charge is 2.29. The third-order valence-electron chi connectivity index (χ3n) is 2.22. The molecule has 1 heterocycles. The van der Waals surface area contributed by atoms with E-state index in [1.54, 1.807) is 0 Å². The zero-order chi connectivity index (χ0) is 11.5. The van der Waals surface area contributed by atoms with Crippen molar-refractivity contribution in [3.8, 4) is 11.8 Å². The van der Waals surface area contributed by atoms with Crippen LogP contribution in [0.25, 0.3) is 0 Å². The van der Waals surface area contributed by atoms with Gasteiger partial charge in [-0.2, -0.15) is 5.26 Å². The highest BCUT2D eigenvalue weighted by Crippen LogP contribution is 2.22. The highest BCUT2D eigenvalue weighted by molar-refractivity contribution is 5.76. The van der Waals surface area contributed by atoms with E-state index in [4.69, 9.17) is 10.00 Å². The van der Waals surface area contributed by atoms with Gasteiger partial charge in [0.25, 0.3) is 0 Å². The van der Waals surface area contributed by atoms with Gasteiger partial charge in [0.1, 0.15) is 0 Å². The smallest absolute Gasteiger partial charge is 0.347 e. The van der Waals surface area contributed by atoms with E-state index >= 15 is 0 Å². The second kappa shape index (κ2) is 4.19. The molecule has 16 heavy (non-hydrogen) atoms. The van der Waals surface area contributed by atoms with Crippen molar-refractivity contribution in [2.75, 3.05) is 6.61 Å². The molecule has 5 heteroatoms. The van der Waals surface area contributed by atoms with Crippen LogP contribution in [-0.4, -0.2) is 18.7 Å². The standard InChI is InChI=1S/C11H8FNO3/c12-8-5-7(6-13)1-2-9(8)16-10-3-4-15-11(10)14/h1-2,5,10H,3-4H2. The second-order valence-corrected chi connectivity index (χ2v) is 3.32. The van der Waals surface area contributed by atoms with Crippen molar-refractivity contribution in [1.82, 2.24) is 0 Å². The first kappa shape index (κ1) is 10.4. The number of cyclic esters (lactones) is 1. The fraction of sp³-hybridized carbons (Fsp3) is 0.273. The molecule has 1 aromatic rings. The van der Waals surface area contributed by atoms with E-state index < -0.39 is 17.9 Å². The van der Waals surface area contributed by atoms with Gasteiger partial charge in [-0.25, -0.2) is 9.18 Å². The number of benzene rings is 1. The van der Waals surface area contributed by atoms with Gasteiger partial charge < -0.3 is 9.47 Å². The van der Waals surface area contributed by atoms with Gasteiger partial charge in [-0.3, -0.25) is 0 Å². The zero-order valence-corrected chi connectivity index (χ0v) is 8.27. The summed E-state index contributed by atoms with van der Waals surface area (Å²) in [6, 6.07) is 5.64. The topological polar surface area (TPSA) is 59.3 Å². The van der Waals surface area contributed by atoms with E-state index in [1.807, 2.05) is 6.07 Å². The summed E-state index contributed by atoms with van der Waals surface area (Å²) in [5, 5.41) is 8.55. The number of esters is 1. The molecule has 0 amide bonds. The van der Waals surface area contributed by atoms with Crippen LogP contribution >= 0.6 is 0 Å². The summed E-state index contributed by atoms with van der Waals surface area (Å²) in [6.07, 6.45) is -0.333. The Hall–Kier alpha value is -2.09. The molecule has 0 aromatic heterocycles. The van der Waals surface area contributed by atoms with Gasteiger partial charge in [-0.1, -0.05) is 0 Å². The number of ether oxygens (including phenoxy) is 2. The Morgan fingerprint density at radius 3 is 2.94 bits per heavy atom. The average molecular weight is 221 g/mol. The molecule has 1 atom stereocenters. The Bertz CT molecular complexity index is 467. The lowest BCUT2D eigenvalue weighted by atomic mass is 10.2. The molecular weight excluding hydrogens is 213 g/mol. The summed E-state index contributed by atoms with van der Waals surface area (Å²) < 4.78 is 23.2. The van der Waals surface area contributed by atoms with Gasteiger partial charge in [0.15, 0.2) is 17.7 Å². The fourth-order valence-corrected chi connectivity index (χ4v) is 1.40. The third-order valence-corrected chi connectivity index (χ3v) is 2.22. The first-order valence-corrected chi connectivity index (χ1v) is 4.73. The number of rotatable bonds is 2. The van der Waals surface area contributed by atoms with E-state index in [9.17, 15) is 9.18 Å². The predicted molar refractivity (Wildman–Crippen MR) is 51.1 cm³/mol. The van der Waals surface area contributed by atoms with Gasteiger partial charge in [0.2, 0.25) is 0 Å². The van der Waals surface area contributed by atoms with Crippen molar-refractivity contribution >= 4 is 5.97 Å². The normalized spacial score (nSPS) is 19.0. The first-order valence-electron chi connectivity index (χ1n) is 4.73. The number of carbonyl (C=O) groups is 1. The molecule has 1 saturated heterocycles. The van der Waals surface area contributed by atoms with E-state index in [0.717, 1.165) is 6.07 Å². The van der Waals surface area contributed by atoms with Crippen LogP contribution in [-0.2, 0) is 9.53 Å². The molecule has 1 unspecified atom stereocenters. The summed E-state index contributed by atoms with van der Waals surface area (Å²) >= 11 is 0. The molecule has 1 aliphatic heterocycles. The lowest BCUT2D eigenvalue weighted by Crippen LogP contribution is -2.22. The lowest BCUT2D eigenvalue weighted by molar-refractivity contribution is -0.143. The van der Waals surface area contributed by atoms with Crippen LogP contribution in [0.3, 0.4) is 0 Å². The highest BCUT2D eigenvalue weighted by atomic mass is 19.1. The lowest BCUT2D eigenvalue weighted by Gasteiger charge is -2.10. The third kappa shape index (κ3) is 1.96. The fourth-order valence-electron chi connectivity index (χ4n) is 1.40. The van der Waals surface area contributed by atoms with Gasteiger partial charge >= 0.3 is 5.97 Å². The Morgan fingerprint density at radius 2 is 2.38 bits per heavy atom. The molecule has 2 rings (SSSR count). The molecule has 0 N–H and O–H groups in total. The minimum absolute atomic E-state index is 0.0390. The van der Waals surface area contributed by atoms with Crippen molar-refractivity contribution in [1.29, 1.82) is 5.26 Å². The summed E-state index contributed by atoms with van der Waals surface area (Å²) in [5.41, 5.74) is 0.207. The number of hydrogen-bond acceptors (Lipinski definition) is 4. The van der Waals surface area contributed by atoms with Crippen molar-refractivity contribution in [3.05, 3.63) is 29.6 Å². The van der Waals surface area contributed by atoms with E-state index in [1.165, 1.54) is 12.1 Å². The van der Waals surface area contributed by atoms with Crippen LogP contribution in [0.4, 0.5) is 4.39 Å². The zero-order valence-electron chi connectivity index (χ0n) is 8.27. The average Bonchev–Trinajstić information content (AvgIpc) is 2.67. The Kier molecular flexibility index (Phi) is 2.73. The largest absolute Gasteiger partial charge is 0.476 e. The molecule has 0 saturated carbocycles. The van der Waals surface area contributed by atoms with Crippen LogP contribution in [0.5, 0.6) is 5.75 Å². The monoisotopic (exact) mass is 221 g/mol. The molecule has 0 aliphatic carbocycles. The van der Waals surface area contributed by atoms with E-state index in [0.29, 0.717) is 13.0 Å². The number of carbonyl (C=O) groups excluding carboxylic acids is 1.